The third kappa shape index (κ3) is 4.91. The molecule has 2 aromatic carbocycles. The van der Waals surface area contributed by atoms with Gasteiger partial charge < -0.3 is 10.1 Å². The summed E-state index contributed by atoms with van der Waals surface area (Å²) in [7, 11) is 0. The van der Waals surface area contributed by atoms with Gasteiger partial charge in [-0.05, 0) is 56.7 Å². The molecule has 0 radical (unpaired) electrons. The van der Waals surface area contributed by atoms with Crippen molar-refractivity contribution in [1.29, 1.82) is 0 Å². The summed E-state index contributed by atoms with van der Waals surface area (Å²) >= 11 is 0. The number of hydrogen-bond acceptors (Lipinski definition) is 3. The standard InChI is InChI=1S/C19H20FNO3/c1-12(2)24-18-9-6-15(13(3)22)11-17(18)21-19(23)10-14-4-7-16(20)8-5-14/h4-9,11-12H,10H2,1-3H3,(H,21,23). The molecule has 0 saturated heterocycles. The maximum absolute atomic E-state index is 12.9. The molecule has 0 unspecified atom stereocenters. The fourth-order valence-electron chi connectivity index (χ4n) is 2.19. The summed E-state index contributed by atoms with van der Waals surface area (Å²) in [6.07, 6.45) is 0.0343. The van der Waals surface area contributed by atoms with Crippen LogP contribution in [0.3, 0.4) is 0 Å². The fraction of sp³-hybridized carbons (Fsp3) is 0.263. The van der Waals surface area contributed by atoms with Crippen LogP contribution in [-0.2, 0) is 11.2 Å². The lowest BCUT2D eigenvalue weighted by molar-refractivity contribution is -0.115. The van der Waals surface area contributed by atoms with Gasteiger partial charge in [0, 0.05) is 5.56 Å². The number of hydrogen-bond donors (Lipinski definition) is 1. The van der Waals surface area contributed by atoms with Crippen LogP contribution in [0.5, 0.6) is 5.75 Å². The third-order valence-electron chi connectivity index (χ3n) is 3.30. The molecule has 0 heterocycles. The summed E-state index contributed by atoms with van der Waals surface area (Å²) in [4.78, 5) is 23.8. The molecule has 0 bridgehead atoms. The van der Waals surface area contributed by atoms with Crippen LogP contribution < -0.4 is 10.1 Å². The van der Waals surface area contributed by atoms with Crippen LogP contribution in [0.4, 0.5) is 10.1 Å². The highest BCUT2D eigenvalue weighted by Gasteiger charge is 2.12. The van der Waals surface area contributed by atoms with E-state index in [2.05, 4.69) is 5.32 Å². The van der Waals surface area contributed by atoms with E-state index in [1.165, 1.54) is 19.1 Å². The van der Waals surface area contributed by atoms with Gasteiger partial charge in [0.1, 0.15) is 11.6 Å². The predicted octanol–water partition coefficient (Wildman–Crippen LogP) is 4.00. The van der Waals surface area contributed by atoms with Crippen LogP contribution >= 0.6 is 0 Å². The van der Waals surface area contributed by atoms with Gasteiger partial charge in [-0.1, -0.05) is 12.1 Å². The number of halogens is 1. The summed E-state index contributed by atoms with van der Waals surface area (Å²) in [6.45, 7) is 5.22. The Bertz CT molecular complexity index is 739. The number of anilines is 1. The van der Waals surface area contributed by atoms with E-state index < -0.39 is 0 Å². The molecule has 0 atom stereocenters. The smallest absolute Gasteiger partial charge is 0.228 e. The molecule has 126 valence electrons. The lowest BCUT2D eigenvalue weighted by Crippen LogP contribution is -2.17. The van der Waals surface area contributed by atoms with Crippen molar-refractivity contribution in [2.75, 3.05) is 5.32 Å². The number of nitrogens with one attached hydrogen (secondary N) is 1. The van der Waals surface area contributed by atoms with Crippen molar-refractivity contribution in [3.8, 4) is 5.75 Å². The number of benzene rings is 2. The van der Waals surface area contributed by atoms with Crippen molar-refractivity contribution in [3.05, 3.63) is 59.4 Å². The Labute approximate surface area is 140 Å². The van der Waals surface area contributed by atoms with E-state index in [1.807, 2.05) is 13.8 Å². The van der Waals surface area contributed by atoms with Gasteiger partial charge in [-0.3, -0.25) is 9.59 Å². The monoisotopic (exact) mass is 329 g/mol. The maximum Gasteiger partial charge on any atom is 0.228 e. The summed E-state index contributed by atoms with van der Waals surface area (Å²) in [5, 5.41) is 2.76. The molecule has 5 heteroatoms. The first-order chi connectivity index (χ1) is 11.3. The molecule has 0 aliphatic carbocycles. The number of carbonyl (C=O) groups is 2. The Morgan fingerprint density at radius 2 is 1.79 bits per heavy atom. The van der Waals surface area contributed by atoms with Gasteiger partial charge in [-0.2, -0.15) is 0 Å². The van der Waals surface area contributed by atoms with Gasteiger partial charge in [0.05, 0.1) is 18.2 Å². The highest BCUT2D eigenvalue weighted by atomic mass is 19.1. The number of ketones is 1. The van der Waals surface area contributed by atoms with E-state index in [9.17, 15) is 14.0 Å². The van der Waals surface area contributed by atoms with Crippen molar-refractivity contribution >= 4 is 17.4 Å². The van der Waals surface area contributed by atoms with E-state index in [4.69, 9.17) is 4.74 Å². The normalized spacial score (nSPS) is 10.5. The van der Waals surface area contributed by atoms with Crippen molar-refractivity contribution in [2.24, 2.45) is 0 Å². The minimum Gasteiger partial charge on any atom is -0.489 e. The van der Waals surface area contributed by atoms with Crippen LogP contribution in [0.15, 0.2) is 42.5 Å². The molecule has 0 saturated carbocycles. The van der Waals surface area contributed by atoms with Gasteiger partial charge in [-0.15, -0.1) is 0 Å². The van der Waals surface area contributed by atoms with Crippen LogP contribution in [-0.4, -0.2) is 17.8 Å². The van der Waals surface area contributed by atoms with E-state index in [-0.39, 0.29) is 30.0 Å². The number of carbonyl (C=O) groups excluding carboxylic acids is 2. The van der Waals surface area contributed by atoms with E-state index in [0.29, 0.717) is 22.6 Å². The van der Waals surface area contributed by atoms with Crippen LogP contribution in [0.25, 0.3) is 0 Å². The average Bonchev–Trinajstić information content (AvgIpc) is 2.50. The summed E-state index contributed by atoms with van der Waals surface area (Å²) in [5.41, 5.74) is 1.63. The number of Topliss-reactive ketones (excluding diaryl/α,β-unsaturated/α-hetero) is 1. The van der Waals surface area contributed by atoms with E-state index in [1.54, 1.807) is 30.3 Å². The van der Waals surface area contributed by atoms with Gasteiger partial charge in [-0.25, -0.2) is 4.39 Å². The highest BCUT2D eigenvalue weighted by molar-refractivity contribution is 5.98. The predicted molar refractivity (Wildman–Crippen MR) is 90.9 cm³/mol. The molecule has 2 rings (SSSR count). The maximum atomic E-state index is 12.9. The molecule has 2 aromatic rings. The zero-order valence-corrected chi connectivity index (χ0v) is 13.9. The Morgan fingerprint density at radius 3 is 2.38 bits per heavy atom. The van der Waals surface area contributed by atoms with Crippen molar-refractivity contribution in [2.45, 2.75) is 33.3 Å². The molecule has 0 fully saturated rings. The van der Waals surface area contributed by atoms with E-state index >= 15 is 0 Å². The second kappa shape index (κ2) is 7.73. The lowest BCUT2D eigenvalue weighted by Gasteiger charge is -2.16. The fourth-order valence-corrected chi connectivity index (χ4v) is 2.19. The molecule has 0 aliphatic rings. The molecule has 0 aromatic heterocycles. The molecule has 0 aliphatic heterocycles. The lowest BCUT2D eigenvalue weighted by atomic mass is 10.1. The summed E-state index contributed by atoms with van der Waals surface area (Å²) < 4.78 is 18.6. The second-order valence-corrected chi connectivity index (χ2v) is 5.79. The van der Waals surface area contributed by atoms with Crippen molar-refractivity contribution < 1.29 is 18.7 Å². The van der Waals surface area contributed by atoms with Crippen LogP contribution in [0.1, 0.15) is 36.7 Å². The Balaban J connectivity index is 2.18. The van der Waals surface area contributed by atoms with Crippen LogP contribution in [0, 0.1) is 5.82 Å². The number of rotatable bonds is 6. The first-order valence-electron chi connectivity index (χ1n) is 7.71. The Hall–Kier alpha value is -2.69. The Morgan fingerprint density at radius 1 is 1.12 bits per heavy atom. The molecular formula is C19H20FNO3. The number of amides is 1. The van der Waals surface area contributed by atoms with Gasteiger partial charge in [0.15, 0.2) is 5.78 Å². The quantitative estimate of drug-likeness (QED) is 0.815. The first-order valence-corrected chi connectivity index (χ1v) is 7.71. The average molecular weight is 329 g/mol. The third-order valence-corrected chi connectivity index (χ3v) is 3.30. The van der Waals surface area contributed by atoms with Gasteiger partial charge in [0.25, 0.3) is 0 Å². The minimum atomic E-state index is -0.346. The topological polar surface area (TPSA) is 55.4 Å². The highest BCUT2D eigenvalue weighted by Crippen LogP contribution is 2.27. The SMILES string of the molecule is CC(=O)c1ccc(OC(C)C)c(NC(=O)Cc2ccc(F)cc2)c1. The number of ether oxygens (including phenoxy) is 1. The van der Waals surface area contributed by atoms with Gasteiger partial charge in [0.2, 0.25) is 5.91 Å². The largest absolute Gasteiger partial charge is 0.489 e. The molecule has 4 nitrogen and oxygen atoms in total. The second-order valence-electron chi connectivity index (χ2n) is 5.79. The minimum absolute atomic E-state index is 0.0686. The van der Waals surface area contributed by atoms with Crippen LogP contribution in [0.2, 0.25) is 0 Å². The summed E-state index contributed by atoms with van der Waals surface area (Å²) in [5.74, 6) is -0.209. The van der Waals surface area contributed by atoms with E-state index in [0.717, 1.165) is 0 Å². The molecular weight excluding hydrogens is 309 g/mol. The molecule has 0 spiro atoms. The Kier molecular flexibility index (Phi) is 5.68. The molecule has 24 heavy (non-hydrogen) atoms. The zero-order chi connectivity index (χ0) is 17.7. The zero-order valence-electron chi connectivity index (χ0n) is 13.9. The summed E-state index contributed by atoms with van der Waals surface area (Å²) in [6, 6.07) is 10.7. The van der Waals surface area contributed by atoms with Crippen molar-refractivity contribution in [1.82, 2.24) is 0 Å². The first kappa shape index (κ1) is 17.7. The van der Waals surface area contributed by atoms with Gasteiger partial charge >= 0.3 is 0 Å². The molecule has 1 N–H and O–H groups in total. The molecule has 1 amide bonds. The van der Waals surface area contributed by atoms with Crippen molar-refractivity contribution in [3.63, 3.8) is 0 Å².